The molecule has 12 heteroatoms. The number of aromatic nitrogens is 4. The van der Waals surface area contributed by atoms with Crippen molar-refractivity contribution in [2.45, 2.75) is 37.7 Å². The van der Waals surface area contributed by atoms with Crippen molar-refractivity contribution in [2.75, 3.05) is 24.5 Å². The third-order valence-corrected chi connectivity index (χ3v) is 5.40. The maximum absolute atomic E-state index is 13.4. The number of β-amino-alcohol motifs (C(OH)–C–C–N with tert-alkyl or cyclic N) is 1. The van der Waals surface area contributed by atoms with E-state index in [0.29, 0.717) is 18.5 Å². The highest BCUT2D eigenvalue weighted by Crippen LogP contribution is 2.34. The van der Waals surface area contributed by atoms with E-state index in [4.69, 9.17) is 5.11 Å². The number of anilines is 1. The Morgan fingerprint density at radius 1 is 1.28 bits per heavy atom. The Bertz CT molecular complexity index is 933. The van der Waals surface area contributed by atoms with Gasteiger partial charge in [-0.05, 0) is 19.4 Å². The number of carbonyl (C=O) groups is 1. The van der Waals surface area contributed by atoms with Gasteiger partial charge in [0.2, 0.25) is 5.95 Å². The Kier molecular flexibility index (Phi) is 4.60. The maximum atomic E-state index is 13.4. The third kappa shape index (κ3) is 3.59. The Morgan fingerprint density at radius 3 is 2.62 bits per heavy atom. The minimum absolute atomic E-state index is 0.0650. The Labute approximate surface area is 163 Å². The fourth-order valence-corrected chi connectivity index (χ4v) is 3.51. The average Bonchev–Trinajstić information content (AvgIpc) is 3.33. The van der Waals surface area contributed by atoms with Gasteiger partial charge in [0.15, 0.2) is 5.69 Å². The summed E-state index contributed by atoms with van der Waals surface area (Å²) in [5.41, 5.74) is -0.631. The second-order valence-corrected chi connectivity index (χ2v) is 7.28. The summed E-state index contributed by atoms with van der Waals surface area (Å²) in [7, 11) is 0. The largest absolute Gasteiger partial charge is 0.465 e. The molecule has 2 aliphatic heterocycles. The van der Waals surface area contributed by atoms with Gasteiger partial charge < -0.3 is 20.0 Å². The number of halogens is 3. The van der Waals surface area contributed by atoms with Crippen LogP contribution in [0, 0.1) is 0 Å². The molecule has 2 aromatic rings. The van der Waals surface area contributed by atoms with Crippen LogP contribution in [0.1, 0.15) is 25.1 Å². The molecule has 9 nitrogen and oxygen atoms in total. The highest BCUT2D eigenvalue weighted by molar-refractivity contribution is 5.65. The first kappa shape index (κ1) is 19.4. The van der Waals surface area contributed by atoms with Gasteiger partial charge in [-0.3, -0.25) is 4.68 Å². The van der Waals surface area contributed by atoms with Crippen LogP contribution in [0.15, 0.2) is 18.5 Å². The number of amides is 1. The zero-order valence-corrected chi connectivity index (χ0v) is 15.4. The van der Waals surface area contributed by atoms with E-state index in [2.05, 4.69) is 15.1 Å². The monoisotopic (exact) mass is 412 g/mol. The highest BCUT2D eigenvalue weighted by Gasteiger charge is 2.39. The molecule has 3 atom stereocenters. The first-order valence-corrected chi connectivity index (χ1v) is 9.07. The molecule has 2 aromatic heterocycles. The lowest BCUT2D eigenvalue weighted by atomic mass is 10.0. The molecule has 0 bridgehead atoms. The van der Waals surface area contributed by atoms with Crippen molar-refractivity contribution in [3.63, 3.8) is 0 Å². The quantitative estimate of drug-likeness (QED) is 0.792. The van der Waals surface area contributed by atoms with Crippen molar-refractivity contribution in [3.8, 4) is 11.3 Å². The van der Waals surface area contributed by atoms with Gasteiger partial charge in [-0.2, -0.15) is 18.3 Å². The van der Waals surface area contributed by atoms with Gasteiger partial charge in [-0.1, -0.05) is 0 Å². The fraction of sp³-hybridized carbons (Fsp3) is 0.529. The number of hydrogen-bond acceptors (Lipinski definition) is 6. The standard InChI is InChI=1S/C17H19F3N6O3/c1-9-13(27)8-25(9)15-22-12(4-14(23-15)17(18,19)20)10-5-21-26(6-10)11-2-3-24(7-11)16(28)29/h4-6,9,11,13,27H,2-3,7-8H2,1H3,(H,28,29)/t9-,11-,13+/m0/s1. The normalized spacial score (nSPS) is 24.7. The first-order chi connectivity index (χ1) is 13.6. The van der Waals surface area contributed by atoms with Crippen molar-refractivity contribution in [1.82, 2.24) is 24.6 Å². The van der Waals surface area contributed by atoms with E-state index in [1.807, 2.05) is 0 Å². The lowest BCUT2D eigenvalue weighted by Gasteiger charge is -2.43. The molecule has 0 radical (unpaired) electrons. The van der Waals surface area contributed by atoms with Crippen LogP contribution in [-0.4, -0.2) is 72.7 Å². The lowest BCUT2D eigenvalue weighted by Crippen LogP contribution is -2.59. The van der Waals surface area contributed by atoms with Gasteiger partial charge in [-0.25, -0.2) is 14.8 Å². The zero-order chi connectivity index (χ0) is 20.9. The number of hydrogen-bond donors (Lipinski definition) is 2. The van der Waals surface area contributed by atoms with E-state index in [-0.39, 0.29) is 36.8 Å². The summed E-state index contributed by atoms with van der Waals surface area (Å²) in [6, 6.07) is 0.299. The molecule has 4 heterocycles. The SMILES string of the molecule is C[C@H]1[C@H](O)CN1c1nc(-c2cnn([C@H]3CCN(C(=O)O)C3)c2)cc(C(F)(F)F)n1. The summed E-state index contributed by atoms with van der Waals surface area (Å²) in [4.78, 5) is 21.7. The summed E-state index contributed by atoms with van der Waals surface area (Å²) in [6.45, 7) is 2.49. The van der Waals surface area contributed by atoms with Crippen LogP contribution in [0.2, 0.25) is 0 Å². The number of aliphatic hydroxyl groups excluding tert-OH is 1. The Hall–Kier alpha value is -2.89. The number of rotatable bonds is 3. The second-order valence-electron chi connectivity index (χ2n) is 7.28. The molecule has 0 aromatic carbocycles. The molecular weight excluding hydrogens is 393 g/mol. The molecule has 1 amide bonds. The molecule has 2 N–H and O–H groups in total. The number of nitrogens with zero attached hydrogens (tertiary/aromatic N) is 6. The smallest absolute Gasteiger partial charge is 0.433 e. The van der Waals surface area contributed by atoms with E-state index in [1.54, 1.807) is 17.8 Å². The number of alkyl halides is 3. The second kappa shape index (κ2) is 6.87. The zero-order valence-electron chi connectivity index (χ0n) is 15.4. The Morgan fingerprint density at radius 2 is 2.03 bits per heavy atom. The van der Waals surface area contributed by atoms with Crippen LogP contribution >= 0.6 is 0 Å². The Balaban J connectivity index is 1.64. The molecule has 2 aliphatic rings. The predicted molar refractivity (Wildman–Crippen MR) is 94.3 cm³/mol. The van der Waals surface area contributed by atoms with Crippen molar-refractivity contribution in [3.05, 3.63) is 24.2 Å². The van der Waals surface area contributed by atoms with E-state index < -0.39 is 24.1 Å². The highest BCUT2D eigenvalue weighted by atomic mass is 19.4. The van der Waals surface area contributed by atoms with Gasteiger partial charge in [0.1, 0.15) is 0 Å². The van der Waals surface area contributed by atoms with Gasteiger partial charge >= 0.3 is 12.3 Å². The number of carboxylic acid groups (broad SMARTS) is 1. The maximum Gasteiger partial charge on any atom is 0.433 e. The van der Waals surface area contributed by atoms with Gasteiger partial charge in [0, 0.05) is 31.4 Å². The molecule has 156 valence electrons. The van der Waals surface area contributed by atoms with Crippen LogP contribution in [-0.2, 0) is 6.18 Å². The first-order valence-electron chi connectivity index (χ1n) is 9.07. The van der Waals surface area contributed by atoms with Crippen LogP contribution in [0.3, 0.4) is 0 Å². The molecule has 0 aliphatic carbocycles. The van der Waals surface area contributed by atoms with Crippen LogP contribution in [0.4, 0.5) is 23.9 Å². The van der Waals surface area contributed by atoms with Gasteiger partial charge in [0.25, 0.3) is 0 Å². The van der Waals surface area contributed by atoms with Crippen LogP contribution < -0.4 is 4.90 Å². The predicted octanol–water partition coefficient (Wildman–Crippen LogP) is 1.85. The summed E-state index contributed by atoms with van der Waals surface area (Å²) < 4.78 is 41.6. The van der Waals surface area contributed by atoms with Gasteiger partial charge in [0.05, 0.1) is 30.1 Å². The van der Waals surface area contributed by atoms with Crippen molar-refractivity contribution in [2.24, 2.45) is 0 Å². The van der Waals surface area contributed by atoms with E-state index in [9.17, 15) is 23.1 Å². The fourth-order valence-electron chi connectivity index (χ4n) is 3.51. The van der Waals surface area contributed by atoms with Crippen LogP contribution in [0.5, 0.6) is 0 Å². The molecule has 0 spiro atoms. The van der Waals surface area contributed by atoms with Crippen molar-refractivity contribution >= 4 is 12.0 Å². The van der Waals surface area contributed by atoms with Crippen LogP contribution in [0.25, 0.3) is 11.3 Å². The molecule has 29 heavy (non-hydrogen) atoms. The van der Waals surface area contributed by atoms with E-state index in [0.717, 1.165) is 6.07 Å². The summed E-state index contributed by atoms with van der Waals surface area (Å²) >= 11 is 0. The molecule has 2 fully saturated rings. The minimum Gasteiger partial charge on any atom is -0.465 e. The van der Waals surface area contributed by atoms with Crippen molar-refractivity contribution < 1.29 is 28.2 Å². The molecular formula is C17H19F3N6O3. The summed E-state index contributed by atoms with van der Waals surface area (Å²) in [5.74, 6) is -0.0988. The molecule has 0 unspecified atom stereocenters. The number of likely N-dealkylation sites (tertiary alicyclic amines) is 1. The van der Waals surface area contributed by atoms with Crippen molar-refractivity contribution in [1.29, 1.82) is 0 Å². The van der Waals surface area contributed by atoms with Gasteiger partial charge in [-0.15, -0.1) is 0 Å². The molecule has 0 saturated carbocycles. The lowest BCUT2D eigenvalue weighted by molar-refractivity contribution is -0.141. The van der Waals surface area contributed by atoms with E-state index in [1.165, 1.54) is 16.0 Å². The summed E-state index contributed by atoms with van der Waals surface area (Å²) in [5, 5.41) is 22.9. The average molecular weight is 412 g/mol. The topological polar surface area (TPSA) is 108 Å². The van der Waals surface area contributed by atoms with E-state index >= 15 is 0 Å². The molecule has 2 saturated heterocycles. The minimum atomic E-state index is -4.65. The molecule has 4 rings (SSSR count). The summed E-state index contributed by atoms with van der Waals surface area (Å²) in [6.07, 6.45) is -2.76. The third-order valence-electron chi connectivity index (χ3n) is 5.40. The number of aliphatic hydroxyl groups is 1.